The van der Waals surface area contributed by atoms with Crippen molar-refractivity contribution in [2.75, 3.05) is 26.3 Å². The predicted octanol–water partition coefficient (Wildman–Crippen LogP) is 2.20. The number of carbonyl (C=O) groups is 2. The molecule has 0 aromatic rings. The summed E-state index contributed by atoms with van der Waals surface area (Å²) >= 11 is 0. The van der Waals surface area contributed by atoms with Crippen molar-refractivity contribution in [1.29, 1.82) is 0 Å². The Hall–Kier alpha value is -1.40. The lowest BCUT2D eigenvalue weighted by Crippen LogP contribution is -2.37. The van der Waals surface area contributed by atoms with Crippen molar-refractivity contribution in [3.8, 4) is 0 Å². The third-order valence-electron chi connectivity index (χ3n) is 3.90. The molecule has 1 unspecified atom stereocenters. The van der Waals surface area contributed by atoms with Gasteiger partial charge in [-0.1, -0.05) is 51.2 Å². The molecule has 24 heavy (non-hydrogen) atoms. The van der Waals surface area contributed by atoms with Crippen molar-refractivity contribution in [3.05, 3.63) is 12.2 Å². The highest BCUT2D eigenvalue weighted by atomic mass is 16.4. The van der Waals surface area contributed by atoms with Crippen LogP contribution in [0.4, 0.5) is 0 Å². The van der Waals surface area contributed by atoms with Gasteiger partial charge in [-0.3, -0.25) is 9.59 Å². The first kappa shape index (κ1) is 22.6. The topological polar surface area (TPSA) is 98.1 Å². The van der Waals surface area contributed by atoms with Gasteiger partial charge in [-0.15, -0.1) is 0 Å². The summed E-state index contributed by atoms with van der Waals surface area (Å²) in [6.45, 7) is 1.97. The number of aliphatic carboxylic acids is 1. The second-order valence-electron chi connectivity index (χ2n) is 5.96. The maximum atomic E-state index is 12.1. The van der Waals surface area contributed by atoms with Gasteiger partial charge in [0.05, 0.1) is 19.1 Å². The molecular weight excluding hydrogens is 310 g/mol. The Labute approximate surface area is 145 Å². The fourth-order valence-electron chi connectivity index (χ4n) is 2.46. The van der Waals surface area contributed by atoms with Crippen molar-refractivity contribution < 1.29 is 24.9 Å². The predicted molar refractivity (Wildman–Crippen MR) is 93.6 cm³/mol. The minimum absolute atomic E-state index is 0.104. The van der Waals surface area contributed by atoms with Gasteiger partial charge in [0, 0.05) is 19.5 Å². The molecule has 0 saturated carbocycles. The monoisotopic (exact) mass is 343 g/mol. The Kier molecular flexibility index (Phi) is 14.3. The van der Waals surface area contributed by atoms with E-state index in [9.17, 15) is 14.7 Å². The Bertz CT molecular complexity index is 364. The molecule has 140 valence electrons. The molecule has 0 aliphatic rings. The van der Waals surface area contributed by atoms with E-state index in [0.29, 0.717) is 0 Å². The number of allylic oxidation sites excluding steroid dienone is 1. The van der Waals surface area contributed by atoms with Crippen LogP contribution in [0.25, 0.3) is 0 Å². The van der Waals surface area contributed by atoms with Crippen LogP contribution in [-0.2, 0) is 9.59 Å². The molecule has 0 aliphatic heterocycles. The Morgan fingerprint density at radius 2 is 1.58 bits per heavy atom. The SMILES string of the molecule is CCCCCCCCC=CC(CC(=O)N(CCO)CCO)C(=O)O. The summed E-state index contributed by atoms with van der Waals surface area (Å²) in [5.74, 6) is -2.26. The van der Waals surface area contributed by atoms with E-state index in [2.05, 4.69) is 6.92 Å². The van der Waals surface area contributed by atoms with Crippen LogP contribution in [0.15, 0.2) is 12.2 Å². The molecule has 0 aromatic heterocycles. The number of amides is 1. The summed E-state index contributed by atoms with van der Waals surface area (Å²) < 4.78 is 0. The van der Waals surface area contributed by atoms with Gasteiger partial charge in [0.15, 0.2) is 0 Å². The Morgan fingerprint density at radius 3 is 2.12 bits per heavy atom. The maximum absolute atomic E-state index is 12.1. The Balaban J connectivity index is 4.26. The average molecular weight is 343 g/mol. The van der Waals surface area contributed by atoms with E-state index in [4.69, 9.17) is 10.2 Å². The first-order chi connectivity index (χ1) is 11.6. The highest BCUT2D eigenvalue weighted by Crippen LogP contribution is 2.12. The second kappa shape index (κ2) is 15.1. The van der Waals surface area contributed by atoms with E-state index in [1.54, 1.807) is 6.08 Å². The van der Waals surface area contributed by atoms with Gasteiger partial charge < -0.3 is 20.2 Å². The number of hydrogen-bond donors (Lipinski definition) is 3. The number of nitrogens with zero attached hydrogens (tertiary/aromatic N) is 1. The van der Waals surface area contributed by atoms with Gasteiger partial charge in [0.25, 0.3) is 0 Å². The third-order valence-corrected chi connectivity index (χ3v) is 3.90. The molecular formula is C18H33NO5. The van der Waals surface area contributed by atoms with Crippen molar-refractivity contribution >= 4 is 11.9 Å². The summed E-state index contributed by atoms with van der Waals surface area (Å²) in [7, 11) is 0. The van der Waals surface area contributed by atoms with Crippen molar-refractivity contribution in [1.82, 2.24) is 4.90 Å². The summed E-state index contributed by atoms with van der Waals surface area (Å²) in [5.41, 5.74) is 0. The summed E-state index contributed by atoms with van der Waals surface area (Å²) in [6.07, 6.45) is 11.2. The standard InChI is InChI=1S/C18H33NO5/c1-2-3-4-5-6-7-8-9-10-16(18(23)24)15-17(22)19(11-13-20)12-14-21/h9-10,16,20-21H,2-8,11-15H2,1H3,(H,23,24). The van der Waals surface area contributed by atoms with E-state index in [0.717, 1.165) is 19.3 Å². The van der Waals surface area contributed by atoms with Gasteiger partial charge >= 0.3 is 5.97 Å². The molecule has 6 heteroatoms. The fourth-order valence-corrected chi connectivity index (χ4v) is 2.46. The number of carboxylic acids is 1. The number of unbranched alkanes of at least 4 members (excludes halogenated alkanes) is 6. The average Bonchev–Trinajstić information content (AvgIpc) is 2.55. The normalized spacial score (nSPS) is 12.5. The molecule has 6 nitrogen and oxygen atoms in total. The lowest BCUT2D eigenvalue weighted by atomic mass is 10.0. The van der Waals surface area contributed by atoms with Crippen LogP contribution in [-0.4, -0.2) is 58.4 Å². The molecule has 0 aliphatic carbocycles. The van der Waals surface area contributed by atoms with E-state index in [1.165, 1.54) is 30.6 Å². The van der Waals surface area contributed by atoms with Crippen LogP contribution in [0.3, 0.4) is 0 Å². The first-order valence-electron chi connectivity index (χ1n) is 8.95. The molecule has 0 fully saturated rings. The van der Waals surface area contributed by atoms with Gasteiger partial charge in [-0.2, -0.15) is 0 Å². The first-order valence-corrected chi connectivity index (χ1v) is 8.95. The number of carbonyl (C=O) groups excluding carboxylic acids is 1. The maximum Gasteiger partial charge on any atom is 0.310 e. The molecule has 0 aromatic carbocycles. The van der Waals surface area contributed by atoms with Crippen LogP contribution in [0.5, 0.6) is 0 Å². The highest BCUT2D eigenvalue weighted by Gasteiger charge is 2.21. The van der Waals surface area contributed by atoms with Crippen molar-refractivity contribution in [3.63, 3.8) is 0 Å². The third kappa shape index (κ3) is 11.2. The molecule has 0 radical (unpaired) electrons. The summed E-state index contributed by atoms with van der Waals surface area (Å²) in [4.78, 5) is 24.7. The van der Waals surface area contributed by atoms with Crippen LogP contribution in [0.2, 0.25) is 0 Å². The van der Waals surface area contributed by atoms with Gasteiger partial charge in [-0.05, 0) is 12.8 Å². The van der Waals surface area contributed by atoms with E-state index >= 15 is 0 Å². The Morgan fingerprint density at radius 1 is 1.00 bits per heavy atom. The van der Waals surface area contributed by atoms with Gasteiger partial charge in [-0.25, -0.2) is 0 Å². The van der Waals surface area contributed by atoms with Gasteiger partial charge in [0.2, 0.25) is 5.91 Å². The zero-order chi connectivity index (χ0) is 18.2. The van der Waals surface area contributed by atoms with E-state index in [-0.39, 0.29) is 38.6 Å². The molecule has 3 N–H and O–H groups in total. The number of rotatable bonds is 15. The molecule has 0 spiro atoms. The van der Waals surface area contributed by atoms with Crippen molar-refractivity contribution in [2.24, 2.45) is 5.92 Å². The van der Waals surface area contributed by atoms with Crippen LogP contribution >= 0.6 is 0 Å². The fraction of sp³-hybridized carbons (Fsp3) is 0.778. The zero-order valence-corrected chi connectivity index (χ0v) is 14.8. The summed E-state index contributed by atoms with van der Waals surface area (Å²) in [5, 5.41) is 27.1. The number of aliphatic hydroxyl groups excluding tert-OH is 2. The second-order valence-corrected chi connectivity index (χ2v) is 5.96. The zero-order valence-electron chi connectivity index (χ0n) is 14.8. The molecule has 0 heterocycles. The smallest absolute Gasteiger partial charge is 0.310 e. The minimum atomic E-state index is -1.03. The van der Waals surface area contributed by atoms with Crippen LogP contribution < -0.4 is 0 Å². The minimum Gasteiger partial charge on any atom is -0.481 e. The number of hydrogen-bond acceptors (Lipinski definition) is 4. The number of carboxylic acid groups (broad SMARTS) is 1. The molecule has 0 bridgehead atoms. The quantitative estimate of drug-likeness (QED) is 0.313. The highest BCUT2D eigenvalue weighted by molar-refractivity contribution is 5.83. The lowest BCUT2D eigenvalue weighted by Gasteiger charge is -2.21. The van der Waals surface area contributed by atoms with E-state index in [1.807, 2.05) is 6.08 Å². The van der Waals surface area contributed by atoms with Crippen LogP contribution in [0, 0.1) is 5.92 Å². The molecule has 1 atom stereocenters. The lowest BCUT2D eigenvalue weighted by molar-refractivity contribution is -0.144. The molecule has 0 saturated heterocycles. The van der Waals surface area contributed by atoms with Gasteiger partial charge in [0.1, 0.15) is 0 Å². The largest absolute Gasteiger partial charge is 0.481 e. The molecule has 1 amide bonds. The van der Waals surface area contributed by atoms with Crippen LogP contribution in [0.1, 0.15) is 58.3 Å². The molecule has 0 rings (SSSR count). The number of aliphatic hydroxyl groups is 2. The summed E-state index contributed by atoms with van der Waals surface area (Å²) in [6, 6.07) is 0. The van der Waals surface area contributed by atoms with E-state index < -0.39 is 11.9 Å². The van der Waals surface area contributed by atoms with Crippen molar-refractivity contribution in [2.45, 2.75) is 58.3 Å².